The first kappa shape index (κ1) is 21.8. The minimum atomic E-state index is 0.496. The molecule has 2 aliphatic carbocycles. The molecule has 0 bridgehead atoms. The van der Waals surface area contributed by atoms with Gasteiger partial charge in [-0.15, -0.1) is 0 Å². The van der Waals surface area contributed by atoms with Crippen molar-refractivity contribution in [2.45, 2.75) is 13.3 Å². The molecule has 0 saturated heterocycles. The standard InChI is InChI=1S/C37H28/c1-25-15-22-34-35(23-25)36(29-19-16-28(17-20-29)26-9-3-2-4-10-26)32-13-7-8-14-33(32)37(34)31-21-18-27-11-5-6-12-30(27)24-31/h2-17,19-24,27H,18H2,1H3. The molecule has 7 rings (SSSR count). The maximum Gasteiger partial charge on any atom is 0.00561 e. The van der Waals surface area contributed by atoms with Crippen molar-refractivity contribution >= 4 is 27.1 Å². The van der Waals surface area contributed by atoms with E-state index in [0.717, 1.165) is 6.42 Å². The van der Waals surface area contributed by atoms with Crippen LogP contribution in [0.2, 0.25) is 0 Å². The third-order valence-electron chi connectivity index (χ3n) is 7.83. The summed E-state index contributed by atoms with van der Waals surface area (Å²) in [5.74, 6) is 0.496. The van der Waals surface area contributed by atoms with Crippen LogP contribution in [0.15, 0.2) is 139 Å². The van der Waals surface area contributed by atoms with Gasteiger partial charge in [0.15, 0.2) is 0 Å². The van der Waals surface area contributed by atoms with Gasteiger partial charge in [-0.1, -0.05) is 139 Å². The molecule has 0 heteroatoms. The molecule has 0 aromatic heterocycles. The zero-order chi connectivity index (χ0) is 24.8. The second-order valence-corrected chi connectivity index (χ2v) is 10.2. The van der Waals surface area contributed by atoms with E-state index < -0.39 is 0 Å². The van der Waals surface area contributed by atoms with E-state index in [1.54, 1.807) is 0 Å². The molecule has 0 aliphatic heterocycles. The van der Waals surface area contributed by atoms with E-state index in [9.17, 15) is 0 Å². The Balaban J connectivity index is 1.48. The average Bonchev–Trinajstić information content (AvgIpc) is 2.96. The predicted molar refractivity (Wildman–Crippen MR) is 160 cm³/mol. The first-order valence-electron chi connectivity index (χ1n) is 13.1. The lowest BCUT2D eigenvalue weighted by molar-refractivity contribution is 0.783. The third-order valence-corrected chi connectivity index (χ3v) is 7.83. The Morgan fingerprint density at radius 3 is 2.08 bits per heavy atom. The lowest BCUT2D eigenvalue weighted by Gasteiger charge is -2.24. The van der Waals surface area contributed by atoms with Crippen LogP contribution < -0.4 is 0 Å². The van der Waals surface area contributed by atoms with Gasteiger partial charge in [0.05, 0.1) is 0 Å². The highest BCUT2D eigenvalue weighted by Crippen LogP contribution is 2.44. The van der Waals surface area contributed by atoms with Crippen LogP contribution in [0.1, 0.15) is 17.5 Å². The molecule has 1 atom stereocenters. The van der Waals surface area contributed by atoms with E-state index in [4.69, 9.17) is 0 Å². The first-order chi connectivity index (χ1) is 18.3. The maximum absolute atomic E-state index is 2.44. The second kappa shape index (κ2) is 8.91. The summed E-state index contributed by atoms with van der Waals surface area (Å²) >= 11 is 0. The SMILES string of the molecule is Cc1ccc2c(C3=CCC4C=CC=CC4=C3)c3ccccc3c(-c3ccc(-c4ccccc4)cc3)c2c1. The zero-order valence-electron chi connectivity index (χ0n) is 21.0. The van der Waals surface area contributed by atoms with E-state index in [1.165, 1.54) is 66.1 Å². The highest BCUT2D eigenvalue weighted by Gasteiger charge is 2.21. The molecule has 5 aromatic rings. The largest absolute Gasteiger partial charge is 0.0767 e. The molecular weight excluding hydrogens is 444 g/mol. The van der Waals surface area contributed by atoms with Gasteiger partial charge in [0.25, 0.3) is 0 Å². The molecule has 37 heavy (non-hydrogen) atoms. The van der Waals surface area contributed by atoms with Crippen molar-refractivity contribution in [3.05, 3.63) is 150 Å². The molecule has 0 N–H and O–H groups in total. The van der Waals surface area contributed by atoms with Gasteiger partial charge in [-0.2, -0.15) is 0 Å². The summed E-state index contributed by atoms with van der Waals surface area (Å²) in [6.45, 7) is 2.20. The summed E-state index contributed by atoms with van der Waals surface area (Å²) < 4.78 is 0. The van der Waals surface area contributed by atoms with Crippen LogP contribution in [0.3, 0.4) is 0 Å². The Bertz CT molecular complexity index is 1770. The number of allylic oxidation sites excluding steroid dienone is 8. The van der Waals surface area contributed by atoms with E-state index in [-0.39, 0.29) is 0 Å². The number of fused-ring (bicyclic) bond motifs is 3. The fourth-order valence-corrected chi connectivity index (χ4v) is 6.01. The number of hydrogen-bond donors (Lipinski definition) is 0. The Morgan fingerprint density at radius 1 is 0.595 bits per heavy atom. The molecule has 0 radical (unpaired) electrons. The second-order valence-electron chi connectivity index (χ2n) is 10.2. The molecule has 0 fully saturated rings. The van der Waals surface area contributed by atoms with Crippen molar-refractivity contribution < 1.29 is 0 Å². The van der Waals surface area contributed by atoms with Crippen molar-refractivity contribution in [2.75, 3.05) is 0 Å². The normalized spacial score (nSPS) is 16.5. The number of aryl methyl sites for hydroxylation is 1. The van der Waals surface area contributed by atoms with Gasteiger partial charge >= 0.3 is 0 Å². The molecule has 176 valence electrons. The minimum absolute atomic E-state index is 0.496. The van der Waals surface area contributed by atoms with E-state index in [1.807, 2.05) is 0 Å². The maximum atomic E-state index is 2.44. The van der Waals surface area contributed by atoms with Crippen LogP contribution in [0.4, 0.5) is 0 Å². The quantitative estimate of drug-likeness (QED) is 0.229. The number of benzene rings is 5. The zero-order valence-corrected chi connectivity index (χ0v) is 21.0. The number of hydrogen-bond acceptors (Lipinski definition) is 0. The van der Waals surface area contributed by atoms with Crippen molar-refractivity contribution in [3.8, 4) is 22.3 Å². The van der Waals surface area contributed by atoms with Crippen LogP contribution in [0.5, 0.6) is 0 Å². The summed E-state index contributed by atoms with van der Waals surface area (Å²) in [4.78, 5) is 0. The van der Waals surface area contributed by atoms with E-state index in [2.05, 4.69) is 140 Å². The lowest BCUT2D eigenvalue weighted by Crippen LogP contribution is -2.06. The van der Waals surface area contributed by atoms with Crippen LogP contribution in [-0.2, 0) is 0 Å². The average molecular weight is 473 g/mol. The third kappa shape index (κ3) is 3.77. The van der Waals surface area contributed by atoms with Gasteiger partial charge in [-0.25, -0.2) is 0 Å². The van der Waals surface area contributed by atoms with Crippen molar-refractivity contribution in [1.82, 2.24) is 0 Å². The van der Waals surface area contributed by atoms with E-state index in [0.29, 0.717) is 5.92 Å². The Hall–Kier alpha value is -4.42. The summed E-state index contributed by atoms with van der Waals surface area (Å²) in [7, 11) is 0. The Kier molecular flexibility index (Phi) is 5.26. The molecule has 2 aliphatic rings. The van der Waals surface area contributed by atoms with Crippen molar-refractivity contribution in [2.24, 2.45) is 5.92 Å². The summed E-state index contributed by atoms with van der Waals surface area (Å²) in [5, 5.41) is 5.27. The van der Waals surface area contributed by atoms with Gasteiger partial charge in [0.1, 0.15) is 0 Å². The Morgan fingerprint density at radius 2 is 1.27 bits per heavy atom. The predicted octanol–water partition coefficient (Wildman–Crippen LogP) is 10.1. The topological polar surface area (TPSA) is 0 Å². The summed E-state index contributed by atoms with van der Waals surface area (Å²) in [5.41, 5.74) is 10.4. The summed E-state index contributed by atoms with van der Waals surface area (Å²) in [6.07, 6.45) is 14.8. The fraction of sp³-hybridized carbons (Fsp3) is 0.0811. The van der Waals surface area contributed by atoms with Crippen molar-refractivity contribution in [1.29, 1.82) is 0 Å². The van der Waals surface area contributed by atoms with Crippen molar-refractivity contribution in [3.63, 3.8) is 0 Å². The molecule has 0 amide bonds. The smallest absolute Gasteiger partial charge is 0.00561 e. The van der Waals surface area contributed by atoms with Crippen LogP contribution >= 0.6 is 0 Å². The fourth-order valence-electron chi connectivity index (χ4n) is 6.01. The van der Waals surface area contributed by atoms with Gasteiger partial charge in [-0.3, -0.25) is 0 Å². The van der Waals surface area contributed by atoms with Gasteiger partial charge < -0.3 is 0 Å². The lowest BCUT2D eigenvalue weighted by atomic mass is 9.80. The first-order valence-corrected chi connectivity index (χ1v) is 13.1. The Labute approximate surface area is 218 Å². The molecular formula is C37H28. The van der Waals surface area contributed by atoms with Gasteiger partial charge in [0, 0.05) is 5.92 Å². The molecule has 5 aromatic carbocycles. The summed E-state index contributed by atoms with van der Waals surface area (Å²) in [6, 6.07) is 35.6. The monoisotopic (exact) mass is 472 g/mol. The molecule has 0 saturated carbocycles. The highest BCUT2D eigenvalue weighted by molar-refractivity contribution is 6.19. The molecule has 0 heterocycles. The number of rotatable bonds is 3. The van der Waals surface area contributed by atoms with E-state index >= 15 is 0 Å². The van der Waals surface area contributed by atoms with Crippen LogP contribution in [-0.4, -0.2) is 0 Å². The van der Waals surface area contributed by atoms with Crippen LogP contribution in [0.25, 0.3) is 49.4 Å². The highest BCUT2D eigenvalue weighted by atomic mass is 14.2. The van der Waals surface area contributed by atoms with Crippen LogP contribution in [0, 0.1) is 12.8 Å². The molecule has 0 spiro atoms. The minimum Gasteiger partial charge on any atom is -0.0767 e. The van der Waals surface area contributed by atoms with Gasteiger partial charge in [-0.05, 0) is 73.9 Å². The molecule has 1 unspecified atom stereocenters. The molecule has 0 nitrogen and oxygen atoms in total. The van der Waals surface area contributed by atoms with Gasteiger partial charge in [0.2, 0.25) is 0 Å².